The molecule has 0 aliphatic rings. The molecule has 0 fully saturated rings. The van der Waals surface area contributed by atoms with Crippen molar-refractivity contribution in [1.29, 1.82) is 0 Å². The van der Waals surface area contributed by atoms with Gasteiger partial charge in [0.05, 0.1) is 33.0 Å². The van der Waals surface area contributed by atoms with Crippen molar-refractivity contribution in [3.8, 4) is 0 Å². The number of ether oxygens (including phenoxy) is 2. The van der Waals surface area contributed by atoms with Gasteiger partial charge in [0, 0.05) is 25.9 Å². The number of rotatable bonds is 20. The molecule has 0 saturated carbocycles. The van der Waals surface area contributed by atoms with E-state index in [4.69, 9.17) is 14.6 Å². The lowest BCUT2D eigenvalue weighted by Gasteiger charge is -2.06. The predicted octanol–water partition coefficient (Wildman–Crippen LogP) is 1.13. The van der Waals surface area contributed by atoms with Crippen LogP contribution in [0.2, 0.25) is 0 Å². The lowest BCUT2D eigenvalue weighted by atomic mass is 10.1. The molecule has 0 radical (unpaired) electrons. The fraction of sp³-hybridized carbons (Fsp3) is 0.889. The second-order valence-electron chi connectivity index (χ2n) is 6.12. The molecule has 0 aliphatic heterocycles. The van der Waals surface area contributed by atoms with E-state index in [0.717, 1.165) is 38.5 Å². The Labute approximate surface area is 161 Å². The monoisotopic (exact) mass is 389 g/mol. The fourth-order valence-electron chi connectivity index (χ4n) is 2.35. The zero-order valence-electron chi connectivity index (χ0n) is 16.2. The van der Waals surface area contributed by atoms with Gasteiger partial charge in [-0.1, -0.05) is 30.9 Å². The van der Waals surface area contributed by atoms with E-state index in [1.165, 1.54) is 0 Å². The highest BCUT2D eigenvalue weighted by Crippen LogP contribution is 2.08. The van der Waals surface area contributed by atoms with E-state index in [2.05, 4.69) is 15.8 Å². The van der Waals surface area contributed by atoms with Crippen LogP contribution in [0.4, 0.5) is 0 Å². The summed E-state index contributed by atoms with van der Waals surface area (Å²) in [6, 6.07) is 0. The highest BCUT2D eigenvalue weighted by molar-refractivity contribution is 5.76. The van der Waals surface area contributed by atoms with Crippen LogP contribution in [-0.2, 0) is 19.1 Å². The standard InChI is InChI=1S/C18H35N3O6/c22-12-16-27-14-10-20-18(24)8-6-4-2-1-3-5-7-17(23)19-9-13-26-15-11-21-25/h22H,1-16H2,(H,19,23)(H,20,24). The van der Waals surface area contributed by atoms with Crippen molar-refractivity contribution in [1.82, 2.24) is 10.6 Å². The molecule has 3 N–H and O–H groups in total. The number of carbonyl (C=O) groups is 2. The Morgan fingerprint density at radius 3 is 1.70 bits per heavy atom. The molecule has 0 spiro atoms. The van der Waals surface area contributed by atoms with Gasteiger partial charge in [0.2, 0.25) is 11.8 Å². The van der Waals surface area contributed by atoms with Gasteiger partial charge in [0.25, 0.3) is 0 Å². The van der Waals surface area contributed by atoms with Crippen LogP contribution in [0, 0.1) is 4.91 Å². The smallest absolute Gasteiger partial charge is 0.220 e. The Balaban J connectivity index is 3.26. The fourth-order valence-corrected chi connectivity index (χ4v) is 2.35. The van der Waals surface area contributed by atoms with Gasteiger partial charge < -0.3 is 25.2 Å². The van der Waals surface area contributed by atoms with Crippen LogP contribution in [0.15, 0.2) is 5.18 Å². The third-order valence-electron chi connectivity index (χ3n) is 3.76. The van der Waals surface area contributed by atoms with Crippen molar-refractivity contribution in [2.75, 3.05) is 52.7 Å². The van der Waals surface area contributed by atoms with E-state index in [1.54, 1.807) is 0 Å². The average molecular weight is 389 g/mol. The topological polar surface area (TPSA) is 126 Å². The molecular weight excluding hydrogens is 354 g/mol. The van der Waals surface area contributed by atoms with Crippen molar-refractivity contribution in [3.05, 3.63) is 4.91 Å². The number of aliphatic hydroxyl groups is 1. The van der Waals surface area contributed by atoms with Crippen LogP contribution >= 0.6 is 0 Å². The van der Waals surface area contributed by atoms with Gasteiger partial charge in [-0.25, -0.2) is 0 Å². The summed E-state index contributed by atoms with van der Waals surface area (Å²) >= 11 is 0. The van der Waals surface area contributed by atoms with Gasteiger partial charge in [-0.05, 0) is 12.8 Å². The van der Waals surface area contributed by atoms with Gasteiger partial charge in [-0.2, -0.15) is 4.91 Å². The van der Waals surface area contributed by atoms with Crippen molar-refractivity contribution < 1.29 is 24.2 Å². The maximum absolute atomic E-state index is 11.6. The van der Waals surface area contributed by atoms with E-state index in [9.17, 15) is 14.5 Å². The SMILES string of the molecule is O=NCCOCCNC(=O)CCCCCCCCC(=O)NCCOCCO. The third-order valence-corrected chi connectivity index (χ3v) is 3.76. The molecule has 0 atom stereocenters. The van der Waals surface area contributed by atoms with Crippen LogP contribution in [0.1, 0.15) is 51.4 Å². The Bertz CT molecular complexity index is 382. The first kappa shape index (κ1) is 25.4. The number of hydrogen-bond donors (Lipinski definition) is 3. The highest BCUT2D eigenvalue weighted by atomic mass is 16.5. The number of aliphatic hydroxyl groups excluding tert-OH is 1. The first-order valence-corrected chi connectivity index (χ1v) is 9.79. The summed E-state index contributed by atoms with van der Waals surface area (Å²) in [5.74, 6) is 0.0532. The van der Waals surface area contributed by atoms with E-state index in [1.807, 2.05) is 0 Å². The minimum atomic E-state index is -0.00487. The van der Waals surface area contributed by atoms with Gasteiger partial charge in [0.15, 0.2) is 0 Å². The molecule has 27 heavy (non-hydrogen) atoms. The third kappa shape index (κ3) is 20.6. The number of nitroso groups, excluding NO2 is 1. The normalized spacial score (nSPS) is 10.6. The lowest BCUT2D eigenvalue weighted by molar-refractivity contribution is -0.122. The van der Waals surface area contributed by atoms with Crippen molar-refractivity contribution in [2.45, 2.75) is 51.4 Å². The molecule has 0 aromatic rings. The zero-order valence-corrected chi connectivity index (χ0v) is 16.2. The molecule has 0 aliphatic carbocycles. The molecule has 9 heteroatoms. The first-order chi connectivity index (χ1) is 13.2. The molecule has 0 bridgehead atoms. The van der Waals surface area contributed by atoms with Crippen molar-refractivity contribution >= 4 is 11.8 Å². The van der Waals surface area contributed by atoms with E-state index in [-0.39, 0.29) is 25.0 Å². The summed E-state index contributed by atoms with van der Waals surface area (Å²) in [5.41, 5.74) is 0. The van der Waals surface area contributed by atoms with Crippen LogP contribution in [0.5, 0.6) is 0 Å². The molecule has 0 aromatic heterocycles. The molecule has 0 rings (SSSR count). The molecule has 9 nitrogen and oxygen atoms in total. The summed E-state index contributed by atoms with van der Waals surface area (Å²) in [6.07, 6.45) is 6.89. The zero-order chi connectivity index (χ0) is 20.0. The second kappa shape index (κ2) is 20.7. The maximum atomic E-state index is 11.6. The highest BCUT2D eigenvalue weighted by Gasteiger charge is 2.02. The van der Waals surface area contributed by atoms with E-state index in [0.29, 0.717) is 52.4 Å². The van der Waals surface area contributed by atoms with E-state index >= 15 is 0 Å². The molecule has 2 amide bonds. The molecule has 0 aromatic carbocycles. The lowest BCUT2D eigenvalue weighted by Crippen LogP contribution is -2.27. The molecule has 0 heterocycles. The maximum Gasteiger partial charge on any atom is 0.220 e. The first-order valence-electron chi connectivity index (χ1n) is 9.79. The molecule has 0 saturated heterocycles. The molecule has 158 valence electrons. The van der Waals surface area contributed by atoms with Gasteiger partial charge >= 0.3 is 0 Å². The van der Waals surface area contributed by atoms with Crippen LogP contribution in [0.3, 0.4) is 0 Å². The number of amides is 2. The number of nitrogens with one attached hydrogen (secondary N) is 2. The second-order valence-corrected chi connectivity index (χ2v) is 6.12. The van der Waals surface area contributed by atoms with Gasteiger partial charge in [0.1, 0.15) is 6.54 Å². The number of carbonyl (C=O) groups excluding carboxylic acids is 2. The predicted molar refractivity (Wildman–Crippen MR) is 102 cm³/mol. The minimum absolute atomic E-state index is 0.00487. The largest absolute Gasteiger partial charge is 0.394 e. The molecular formula is C18H35N3O6. The van der Waals surface area contributed by atoms with Crippen molar-refractivity contribution in [3.63, 3.8) is 0 Å². The van der Waals surface area contributed by atoms with Crippen molar-refractivity contribution in [2.24, 2.45) is 5.18 Å². The Hall–Kier alpha value is -1.58. The van der Waals surface area contributed by atoms with Crippen LogP contribution in [-0.4, -0.2) is 69.6 Å². The quantitative estimate of drug-likeness (QED) is 0.212. The number of unbranched alkanes of at least 4 members (excludes halogenated alkanes) is 5. The number of nitrogens with zero attached hydrogens (tertiary/aromatic N) is 1. The van der Waals surface area contributed by atoms with Crippen LogP contribution in [0.25, 0.3) is 0 Å². The summed E-state index contributed by atoms with van der Waals surface area (Å²) in [5, 5.41) is 16.8. The van der Waals surface area contributed by atoms with Gasteiger partial charge in [-0.3, -0.25) is 9.59 Å². The summed E-state index contributed by atoms with van der Waals surface area (Å²) in [4.78, 5) is 33.0. The van der Waals surface area contributed by atoms with Gasteiger partial charge in [-0.15, -0.1) is 0 Å². The average Bonchev–Trinajstić information content (AvgIpc) is 2.66. The van der Waals surface area contributed by atoms with E-state index < -0.39 is 0 Å². The van der Waals surface area contributed by atoms with Crippen LogP contribution < -0.4 is 10.6 Å². The summed E-state index contributed by atoms with van der Waals surface area (Å²) in [7, 11) is 0. The minimum Gasteiger partial charge on any atom is -0.394 e. The molecule has 0 unspecified atom stereocenters. The Morgan fingerprint density at radius 2 is 1.22 bits per heavy atom. The Kier molecular flexibility index (Phi) is 19.5. The summed E-state index contributed by atoms with van der Waals surface area (Å²) < 4.78 is 10.2. The Morgan fingerprint density at radius 1 is 0.741 bits per heavy atom. The number of hydrogen-bond acceptors (Lipinski definition) is 7. The summed E-state index contributed by atoms with van der Waals surface area (Å²) in [6.45, 7) is 2.46.